The van der Waals surface area contributed by atoms with Crippen LogP contribution in [0.25, 0.3) is 0 Å². The standard InChI is InChI=1S/C12H23NO3/c1-3-4-5-6-7-8-12(15)16-10-11(9-14)13-2/h9,11,13H,3-8,10H2,1-2H3/t11-/m1/s1. The summed E-state index contributed by atoms with van der Waals surface area (Å²) in [4.78, 5) is 21.7. The van der Waals surface area contributed by atoms with E-state index in [-0.39, 0.29) is 18.6 Å². The summed E-state index contributed by atoms with van der Waals surface area (Å²) < 4.78 is 4.96. The summed E-state index contributed by atoms with van der Waals surface area (Å²) in [5, 5.41) is 2.75. The average Bonchev–Trinajstić information content (AvgIpc) is 2.30. The first kappa shape index (κ1) is 15.1. The fraction of sp³-hybridized carbons (Fsp3) is 0.833. The van der Waals surface area contributed by atoms with Crippen LogP contribution in [0.2, 0.25) is 0 Å². The van der Waals surface area contributed by atoms with Gasteiger partial charge in [0, 0.05) is 6.42 Å². The van der Waals surface area contributed by atoms with E-state index in [4.69, 9.17) is 4.74 Å². The highest BCUT2D eigenvalue weighted by Gasteiger charge is 2.08. The van der Waals surface area contributed by atoms with Crippen molar-refractivity contribution in [1.29, 1.82) is 0 Å². The molecule has 0 unspecified atom stereocenters. The van der Waals surface area contributed by atoms with E-state index in [1.165, 1.54) is 19.3 Å². The number of unbranched alkanes of at least 4 members (excludes halogenated alkanes) is 4. The van der Waals surface area contributed by atoms with Gasteiger partial charge in [-0.25, -0.2) is 0 Å². The van der Waals surface area contributed by atoms with Gasteiger partial charge >= 0.3 is 5.97 Å². The molecule has 94 valence electrons. The summed E-state index contributed by atoms with van der Waals surface area (Å²) in [5.74, 6) is -0.210. The minimum absolute atomic E-state index is 0.133. The Morgan fingerprint density at radius 3 is 2.56 bits per heavy atom. The Morgan fingerprint density at radius 2 is 2.00 bits per heavy atom. The van der Waals surface area contributed by atoms with Crippen LogP contribution >= 0.6 is 0 Å². The maximum Gasteiger partial charge on any atom is 0.305 e. The predicted octanol–water partition coefficient (Wildman–Crippen LogP) is 1.68. The van der Waals surface area contributed by atoms with Crippen molar-refractivity contribution in [2.45, 2.75) is 51.5 Å². The molecule has 0 spiro atoms. The summed E-state index contributed by atoms with van der Waals surface area (Å²) in [7, 11) is 1.66. The fourth-order valence-electron chi connectivity index (χ4n) is 1.32. The molecule has 0 heterocycles. The number of esters is 1. The van der Waals surface area contributed by atoms with Crippen LogP contribution in [0.4, 0.5) is 0 Å². The molecule has 0 aromatic rings. The zero-order chi connectivity index (χ0) is 12.2. The van der Waals surface area contributed by atoms with E-state index in [2.05, 4.69) is 12.2 Å². The third-order valence-electron chi connectivity index (χ3n) is 2.44. The number of rotatable bonds is 10. The zero-order valence-electron chi connectivity index (χ0n) is 10.3. The second kappa shape index (κ2) is 10.6. The maximum absolute atomic E-state index is 11.2. The molecule has 0 saturated heterocycles. The van der Waals surface area contributed by atoms with Gasteiger partial charge in [0.05, 0.1) is 6.04 Å². The van der Waals surface area contributed by atoms with Crippen molar-refractivity contribution in [3.8, 4) is 0 Å². The highest BCUT2D eigenvalue weighted by atomic mass is 16.5. The summed E-state index contributed by atoms with van der Waals surface area (Å²) in [6, 6.07) is -0.385. The van der Waals surface area contributed by atoms with Crippen LogP contribution in [0.3, 0.4) is 0 Å². The predicted molar refractivity (Wildman–Crippen MR) is 63.2 cm³/mol. The third-order valence-corrected chi connectivity index (χ3v) is 2.44. The van der Waals surface area contributed by atoms with Crippen LogP contribution in [-0.4, -0.2) is 32.0 Å². The SMILES string of the molecule is CCCCCCCC(=O)OC[C@@H](C=O)NC. The van der Waals surface area contributed by atoms with Crippen molar-refractivity contribution in [3.05, 3.63) is 0 Å². The minimum atomic E-state index is -0.385. The number of carbonyl (C=O) groups is 2. The Morgan fingerprint density at radius 1 is 1.31 bits per heavy atom. The first-order valence-corrected chi connectivity index (χ1v) is 6.02. The Hall–Kier alpha value is -0.900. The van der Waals surface area contributed by atoms with E-state index in [1.54, 1.807) is 7.05 Å². The van der Waals surface area contributed by atoms with Crippen molar-refractivity contribution in [2.24, 2.45) is 0 Å². The van der Waals surface area contributed by atoms with Crippen LogP contribution < -0.4 is 5.32 Å². The molecular formula is C12H23NO3. The number of carbonyl (C=O) groups excluding carboxylic acids is 2. The molecule has 1 N–H and O–H groups in total. The van der Waals surface area contributed by atoms with E-state index in [9.17, 15) is 9.59 Å². The molecule has 4 nitrogen and oxygen atoms in total. The Bertz CT molecular complexity index is 195. The van der Waals surface area contributed by atoms with Gasteiger partial charge in [-0.1, -0.05) is 32.6 Å². The number of ether oxygens (including phenoxy) is 1. The quantitative estimate of drug-likeness (QED) is 0.352. The van der Waals surface area contributed by atoms with Gasteiger partial charge in [0.1, 0.15) is 12.9 Å². The summed E-state index contributed by atoms with van der Waals surface area (Å²) in [6.07, 6.45) is 6.76. The lowest BCUT2D eigenvalue weighted by molar-refractivity contribution is -0.144. The second-order valence-corrected chi connectivity index (χ2v) is 3.88. The molecular weight excluding hydrogens is 206 g/mol. The number of hydrogen-bond donors (Lipinski definition) is 1. The van der Waals surface area contributed by atoms with Crippen molar-refractivity contribution in [3.63, 3.8) is 0 Å². The van der Waals surface area contributed by atoms with Gasteiger partial charge in [0.2, 0.25) is 0 Å². The molecule has 16 heavy (non-hydrogen) atoms. The molecule has 0 amide bonds. The highest BCUT2D eigenvalue weighted by molar-refractivity contribution is 5.69. The first-order chi connectivity index (χ1) is 7.74. The number of aldehydes is 1. The summed E-state index contributed by atoms with van der Waals surface area (Å²) in [6.45, 7) is 2.29. The van der Waals surface area contributed by atoms with Gasteiger partial charge in [-0.05, 0) is 13.5 Å². The number of hydrogen-bond acceptors (Lipinski definition) is 4. The van der Waals surface area contributed by atoms with E-state index in [1.807, 2.05) is 0 Å². The lowest BCUT2D eigenvalue weighted by Crippen LogP contribution is -2.32. The van der Waals surface area contributed by atoms with Crippen molar-refractivity contribution < 1.29 is 14.3 Å². The van der Waals surface area contributed by atoms with Gasteiger partial charge in [-0.15, -0.1) is 0 Å². The number of nitrogens with one attached hydrogen (secondary N) is 1. The lowest BCUT2D eigenvalue weighted by Gasteiger charge is -2.09. The average molecular weight is 229 g/mol. The first-order valence-electron chi connectivity index (χ1n) is 6.02. The van der Waals surface area contributed by atoms with E-state index in [0.29, 0.717) is 6.42 Å². The van der Waals surface area contributed by atoms with E-state index < -0.39 is 0 Å². The van der Waals surface area contributed by atoms with Gasteiger partial charge in [0.25, 0.3) is 0 Å². The van der Waals surface area contributed by atoms with Crippen LogP contribution in [0, 0.1) is 0 Å². The van der Waals surface area contributed by atoms with Crippen LogP contribution in [0.15, 0.2) is 0 Å². The van der Waals surface area contributed by atoms with Gasteiger partial charge < -0.3 is 14.8 Å². The van der Waals surface area contributed by atoms with Crippen molar-refractivity contribution >= 4 is 12.3 Å². The molecule has 0 aliphatic heterocycles. The molecule has 0 aromatic heterocycles. The normalized spacial score (nSPS) is 12.1. The molecule has 0 aromatic carbocycles. The topological polar surface area (TPSA) is 55.4 Å². The molecule has 0 radical (unpaired) electrons. The molecule has 1 atom stereocenters. The second-order valence-electron chi connectivity index (χ2n) is 3.88. The van der Waals surface area contributed by atoms with Crippen LogP contribution in [-0.2, 0) is 14.3 Å². The Labute approximate surface area is 97.7 Å². The molecule has 0 bridgehead atoms. The molecule has 0 saturated carbocycles. The van der Waals surface area contributed by atoms with Crippen LogP contribution in [0.5, 0.6) is 0 Å². The molecule has 0 rings (SSSR count). The smallest absolute Gasteiger partial charge is 0.305 e. The largest absolute Gasteiger partial charge is 0.464 e. The highest BCUT2D eigenvalue weighted by Crippen LogP contribution is 2.05. The summed E-state index contributed by atoms with van der Waals surface area (Å²) >= 11 is 0. The Balaban J connectivity index is 3.40. The molecule has 4 heteroatoms. The van der Waals surface area contributed by atoms with Gasteiger partial charge in [0.15, 0.2) is 0 Å². The lowest BCUT2D eigenvalue weighted by atomic mass is 10.1. The fourth-order valence-corrected chi connectivity index (χ4v) is 1.32. The van der Waals surface area contributed by atoms with Crippen molar-refractivity contribution in [2.75, 3.05) is 13.7 Å². The maximum atomic E-state index is 11.2. The summed E-state index contributed by atoms with van der Waals surface area (Å²) in [5.41, 5.74) is 0. The molecule has 0 aliphatic carbocycles. The minimum Gasteiger partial charge on any atom is -0.464 e. The van der Waals surface area contributed by atoms with Gasteiger partial charge in [-0.3, -0.25) is 4.79 Å². The van der Waals surface area contributed by atoms with E-state index >= 15 is 0 Å². The zero-order valence-corrected chi connectivity index (χ0v) is 10.3. The van der Waals surface area contributed by atoms with Crippen LogP contribution in [0.1, 0.15) is 45.4 Å². The monoisotopic (exact) mass is 229 g/mol. The molecule has 0 aliphatic rings. The van der Waals surface area contributed by atoms with E-state index in [0.717, 1.165) is 19.1 Å². The molecule has 0 fully saturated rings. The third kappa shape index (κ3) is 8.41. The number of likely N-dealkylation sites (N-methyl/N-ethyl adjacent to an activating group) is 1. The Kier molecular flexibility index (Phi) is 10.0. The van der Waals surface area contributed by atoms with Crippen molar-refractivity contribution in [1.82, 2.24) is 5.32 Å². The van der Waals surface area contributed by atoms with Gasteiger partial charge in [-0.2, -0.15) is 0 Å².